The van der Waals surface area contributed by atoms with Gasteiger partial charge in [-0.1, -0.05) is 0 Å². The molecule has 1 aromatic heterocycles. The third-order valence-corrected chi connectivity index (χ3v) is 4.41. The van der Waals surface area contributed by atoms with Gasteiger partial charge in [0.1, 0.15) is 16.9 Å². The van der Waals surface area contributed by atoms with Gasteiger partial charge in [0.15, 0.2) is 9.84 Å². The summed E-state index contributed by atoms with van der Waals surface area (Å²) in [5.41, 5.74) is 3.32. The molecular formula is C10H16N4O2S. The van der Waals surface area contributed by atoms with Gasteiger partial charge < -0.3 is 5.43 Å². The predicted octanol–water partition coefficient (Wildman–Crippen LogP) is 0.745. The molecule has 6 nitrogen and oxygen atoms in total. The highest BCUT2D eigenvalue weighted by atomic mass is 32.2. The Morgan fingerprint density at radius 3 is 2.59 bits per heavy atom. The average molecular weight is 256 g/mol. The molecule has 1 saturated carbocycles. The second-order valence-corrected chi connectivity index (χ2v) is 6.79. The van der Waals surface area contributed by atoms with E-state index in [0.717, 1.165) is 18.5 Å². The third-order valence-electron chi connectivity index (χ3n) is 2.91. The molecule has 0 amide bonds. The molecule has 1 unspecified atom stereocenters. The van der Waals surface area contributed by atoms with Gasteiger partial charge in [0.25, 0.3) is 0 Å². The Morgan fingerprint density at radius 1 is 1.47 bits per heavy atom. The quantitative estimate of drug-likeness (QED) is 0.609. The molecule has 17 heavy (non-hydrogen) atoms. The molecule has 3 N–H and O–H groups in total. The van der Waals surface area contributed by atoms with Crippen molar-refractivity contribution in [2.24, 2.45) is 5.84 Å². The maximum absolute atomic E-state index is 11.5. The van der Waals surface area contributed by atoms with Crippen LogP contribution in [0.25, 0.3) is 0 Å². The lowest BCUT2D eigenvalue weighted by atomic mass is 10.2. The number of nitrogen functional groups attached to an aromatic ring is 1. The summed E-state index contributed by atoms with van der Waals surface area (Å²) in [6, 6.07) is 1.77. The Labute approximate surface area is 101 Å². The largest absolute Gasteiger partial charge is 0.308 e. The van der Waals surface area contributed by atoms with Gasteiger partial charge >= 0.3 is 0 Å². The fourth-order valence-corrected chi connectivity index (χ4v) is 2.01. The highest BCUT2D eigenvalue weighted by Crippen LogP contribution is 2.40. The van der Waals surface area contributed by atoms with E-state index in [9.17, 15) is 8.42 Å². The molecule has 1 aromatic rings. The fourth-order valence-electron chi connectivity index (χ4n) is 1.52. The van der Waals surface area contributed by atoms with Gasteiger partial charge in [-0.25, -0.2) is 24.2 Å². The Kier molecular flexibility index (Phi) is 3.05. The maximum Gasteiger partial charge on any atom is 0.157 e. The van der Waals surface area contributed by atoms with E-state index in [-0.39, 0.29) is 0 Å². The first-order chi connectivity index (χ1) is 7.91. The molecule has 94 valence electrons. The third kappa shape index (κ3) is 2.73. The van der Waals surface area contributed by atoms with E-state index in [2.05, 4.69) is 15.4 Å². The molecule has 1 fully saturated rings. The Morgan fingerprint density at radius 2 is 2.12 bits per heavy atom. The second kappa shape index (κ2) is 4.23. The van der Waals surface area contributed by atoms with Crippen molar-refractivity contribution in [1.29, 1.82) is 0 Å². The van der Waals surface area contributed by atoms with Gasteiger partial charge in [-0.15, -0.1) is 0 Å². The molecule has 1 aliphatic rings. The zero-order valence-electron chi connectivity index (χ0n) is 9.84. The van der Waals surface area contributed by atoms with E-state index in [1.807, 2.05) is 0 Å². The van der Waals surface area contributed by atoms with Crippen LogP contribution in [0.3, 0.4) is 0 Å². The molecule has 0 bridgehead atoms. The van der Waals surface area contributed by atoms with E-state index in [1.165, 1.54) is 6.26 Å². The Bertz CT molecular complexity index is 525. The van der Waals surface area contributed by atoms with Crippen LogP contribution in [-0.4, -0.2) is 24.6 Å². The van der Waals surface area contributed by atoms with Crippen LogP contribution in [0.2, 0.25) is 0 Å². The van der Waals surface area contributed by atoms with Crippen molar-refractivity contribution in [2.75, 3.05) is 11.7 Å². The van der Waals surface area contributed by atoms with Crippen LogP contribution in [0.1, 0.15) is 42.5 Å². The smallest absolute Gasteiger partial charge is 0.157 e. The first-order valence-corrected chi connectivity index (χ1v) is 7.41. The molecule has 1 aliphatic carbocycles. The monoisotopic (exact) mass is 256 g/mol. The number of nitrogens with two attached hydrogens (primary N) is 1. The molecule has 0 spiro atoms. The first-order valence-electron chi connectivity index (χ1n) is 5.46. The van der Waals surface area contributed by atoms with Crippen molar-refractivity contribution in [3.05, 3.63) is 17.6 Å². The molecule has 0 aromatic carbocycles. The number of anilines is 1. The van der Waals surface area contributed by atoms with Gasteiger partial charge in [0.05, 0.1) is 0 Å². The Hall–Kier alpha value is -1.21. The summed E-state index contributed by atoms with van der Waals surface area (Å²) in [4.78, 5) is 8.43. The predicted molar refractivity (Wildman–Crippen MR) is 65.1 cm³/mol. The van der Waals surface area contributed by atoms with Crippen molar-refractivity contribution < 1.29 is 8.42 Å². The number of nitrogens with one attached hydrogen (secondary N) is 1. The van der Waals surface area contributed by atoms with Gasteiger partial charge in [-0.05, 0) is 19.8 Å². The number of hydrogen-bond acceptors (Lipinski definition) is 6. The molecule has 7 heteroatoms. The number of hydrazine groups is 1. The highest BCUT2D eigenvalue weighted by Gasteiger charge is 2.28. The van der Waals surface area contributed by atoms with E-state index in [1.54, 1.807) is 13.0 Å². The maximum atomic E-state index is 11.5. The molecule has 0 aliphatic heterocycles. The number of hydrogen-bond donors (Lipinski definition) is 2. The van der Waals surface area contributed by atoms with E-state index < -0.39 is 15.1 Å². The highest BCUT2D eigenvalue weighted by molar-refractivity contribution is 7.90. The minimum atomic E-state index is -3.20. The Balaban J connectivity index is 2.42. The first kappa shape index (κ1) is 12.3. The summed E-state index contributed by atoms with van der Waals surface area (Å²) in [6.45, 7) is 1.58. The minimum absolute atomic E-state index is 0.310. The van der Waals surface area contributed by atoms with Crippen LogP contribution in [0.4, 0.5) is 5.82 Å². The number of nitrogens with zero attached hydrogens (tertiary/aromatic N) is 2. The van der Waals surface area contributed by atoms with Crippen LogP contribution < -0.4 is 11.3 Å². The topological polar surface area (TPSA) is 98.0 Å². The molecule has 0 saturated heterocycles. The summed E-state index contributed by atoms with van der Waals surface area (Å²) < 4.78 is 23.0. The van der Waals surface area contributed by atoms with Gasteiger partial charge in [-0.2, -0.15) is 0 Å². The van der Waals surface area contributed by atoms with Crippen LogP contribution in [0, 0.1) is 0 Å². The summed E-state index contributed by atoms with van der Waals surface area (Å²) in [5.74, 6) is 6.53. The number of aromatic nitrogens is 2. The van der Waals surface area contributed by atoms with Gasteiger partial charge in [0, 0.05) is 23.9 Å². The molecule has 2 rings (SSSR count). The zero-order valence-corrected chi connectivity index (χ0v) is 10.7. The van der Waals surface area contributed by atoms with Crippen LogP contribution in [0.5, 0.6) is 0 Å². The standard InChI is InChI=1S/C10H16N4O2S/c1-6(17(2,15)16)10-12-8(7-3-4-7)5-9(13-10)14-11/h5-7H,3-4,11H2,1-2H3,(H,12,13,14). The lowest BCUT2D eigenvalue weighted by Crippen LogP contribution is -2.16. The van der Waals surface area contributed by atoms with Crippen molar-refractivity contribution in [1.82, 2.24) is 9.97 Å². The minimum Gasteiger partial charge on any atom is -0.308 e. The van der Waals surface area contributed by atoms with Crippen LogP contribution >= 0.6 is 0 Å². The molecule has 0 radical (unpaired) electrons. The lowest BCUT2D eigenvalue weighted by Gasteiger charge is -2.11. The second-order valence-electron chi connectivity index (χ2n) is 4.43. The summed E-state index contributed by atoms with van der Waals surface area (Å²) in [6.07, 6.45) is 3.36. The number of sulfone groups is 1. The van der Waals surface area contributed by atoms with Crippen molar-refractivity contribution in [2.45, 2.75) is 30.9 Å². The van der Waals surface area contributed by atoms with Gasteiger partial charge in [0.2, 0.25) is 0 Å². The van der Waals surface area contributed by atoms with E-state index in [4.69, 9.17) is 5.84 Å². The SMILES string of the molecule is CC(c1nc(NN)cc(C2CC2)n1)S(C)(=O)=O. The zero-order chi connectivity index (χ0) is 12.6. The van der Waals surface area contributed by atoms with Crippen molar-refractivity contribution >= 4 is 15.7 Å². The average Bonchev–Trinajstić information content (AvgIpc) is 3.10. The van der Waals surface area contributed by atoms with Gasteiger partial charge in [-0.3, -0.25) is 0 Å². The lowest BCUT2D eigenvalue weighted by molar-refractivity contribution is 0.589. The van der Waals surface area contributed by atoms with Crippen LogP contribution in [0.15, 0.2) is 6.07 Å². The van der Waals surface area contributed by atoms with E-state index in [0.29, 0.717) is 17.6 Å². The van der Waals surface area contributed by atoms with E-state index >= 15 is 0 Å². The number of rotatable bonds is 4. The molecule has 1 heterocycles. The molecular weight excluding hydrogens is 240 g/mol. The van der Waals surface area contributed by atoms with Crippen molar-refractivity contribution in [3.63, 3.8) is 0 Å². The molecule has 1 atom stereocenters. The van der Waals surface area contributed by atoms with Crippen LogP contribution in [-0.2, 0) is 9.84 Å². The normalized spacial score (nSPS) is 17.8. The van der Waals surface area contributed by atoms with Crippen molar-refractivity contribution in [3.8, 4) is 0 Å². The summed E-state index contributed by atoms with van der Waals surface area (Å²) in [5, 5.41) is -0.715. The summed E-state index contributed by atoms with van der Waals surface area (Å²) >= 11 is 0. The fraction of sp³-hybridized carbons (Fsp3) is 0.600. The summed E-state index contributed by atoms with van der Waals surface area (Å²) in [7, 11) is -3.20.